The molecular weight excluding hydrogens is 228 g/mol. The van der Waals surface area contributed by atoms with E-state index in [9.17, 15) is 0 Å². The predicted octanol–water partition coefficient (Wildman–Crippen LogP) is 3.79. The lowest BCUT2D eigenvalue weighted by Crippen LogP contribution is -2.25. The number of hydrogen-bond donors (Lipinski definition) is 1. The Hall–Kier alpha value is -0.960. The molecule has 0 saturated carbocycles. The first kappa shape index (κ1) is 12.5. The summed E-state index contributed by atoms with van der Waals surface area (Å²) >= 11 is 1.82. The number of thioether (sulfide) groups is 1. The van der Waals surface area contributed by atoms with Crippen LogP contribution in [-0.4, -0.2) is 17.0 Å². The minimum atomic E-state index is 0.424. The van der Waals surface area contributed by atoms with Crippen LogP contribution in [0.1, 0.15) is 26.3 Å². The second-order valence-electron chi connectivity index (χ2n) is 4.64. The van der Waals surface area contributed by atoms with Crippen LogP contribution in [-0.2, 0) is 6.42 Å². The number of benzene rings is 1. The Morgan fingerprint density at radius 2 is 2.24 bits per heavy atom. The summed E-state index contributed by atoms with van der Waals surface area (Å²) in [5.41, 5.74) is 2.51. The van der Waals surface area contributed by atoms with Crippen molar-refractivity contribution in [3.8, 4) is 0 Å². The Morgan fingerprint density at radius 1 is 1.41 bits per heavy atom. The van der Waals surface area contributed by atoms with Crippen LogP contribution < -0.4 is 5.32 Å². The molecular formula is C14H20N2S. The average molecular weight is 248 g/mol. The lowest BCUT2D eigenvalue weighted by atomic mass is 10.1. The molecule has 1 N–H and O–H groups in total. The molecule has 2 unspecified atom stereocenters. The first-order valence-electron chi connectivity index (χ1n) is 6.25. The summed E-state index contributed by atoms with van der Waals surface area (Å²) in [5.74, 6) is 1.83. The van der Waals surface area contributed by atoms with Gasteiger partial charge >= 0.3 is 0 Å². The first-order valence-corrected chi connectivity index (χ1v) is 7.24. The van der Waals surface area contributed by atoms with Gasteiger partial charge in [-0.2, -0.15) is 0 Å². The summed E-state index contributed by atoms with van der Waals surface area (Å²) in [4.78, 5) is 4.68. The van der Waals surface area contributed by atoms with Gasteiger partial charge in [-0.05, 0) is 37.0 Å². The van der Waals surface area contributed by atoms with E-state index < -0.39 is 0 Å². The van der Waals surface area contributed by atoms with E-state index in [1.165, 1.54) is 5.56 Å². The molecule has 1 heterocycles. The molecule has 1 aliphatic heterocycles. The third-order valence-electron chi connectivity index (χ3n) is 3.21. The molecule has 1 aromatic carbocycles. The number of rotatable bonds is 2. The maximum atomic E-state index is 4.68. The second kappa shape index (κ2) is 5.58. The highest BCUT2D eigenvalue weighted by molar-refractivity contribution is 8.14. The summed E-state index contributed by atoms with van der Waals surface area (Å²) in [6.45, 7) is 6.62. The fourth-order valence-corrected chi connectivity index (χ4v) is 2.89. The summed E-state index contributed by atoms with van der Waals surface area (Å²) in [7, 11) is 0. The van der Waals surface area contributed by atoms with Gasteiger partial charge in [0.15, 0.2) is 5.17 Å². The molecule has 3 heteroatoms. The normalized spacial score (nSPS) is 24.3. The van der Waals surface area contributed by atoms with Crippen molar-refractivity contribution in [1.82, 2.24) is 0 Å². The molecule has 17 heavy (non-hydrogen) atoms. The predicted molar refractivity (Wildman–Crippen MR) is 78.0 cm³/mol. The highest BCUT2D eigenvalue weighted by Gasteiger charge is 2.19. The SMILES string of the molecule is CCc1cccc(NC2=NC(C)C(C)CS2)c1. The number of amidine groups is 1. The van der Waals surface area contributed by atoms with E-state index >= 15 is 0 Å². The minimum Gasteiger partial charge on any atom is -0.335 e. The summed E-state index contributed by atoms with van der Waals surface area (Å²) in [6.07, 6.45) is 1.07. The van der Waals surface area contributed by atoms with E-state index in [-0.39, 0.29) is 0 Å². The Kier molecular flexibility index (Phi) is 4.11. The average Bonchev–Trinajstić information content (AvgIpc) is 2.34. The highest BCUT2D eigenvalue weighted by atomic mass is 32.2. The quantitative estimate of drug-likeness (QED) is 0.861. The number of anilines is 1. The van der Waals surface area contributed by atoms with E-state index in [1.54, 1.807) is 0 Å². The van der Waals surface area contributed by atoms with Crippen molar-refractivity contribution in [2.45, 2.75) is 33.2 Å². The fourth-order valence-electron chi connectivity index (χ4n) is 1.76. The van der Waals surface area contributed by atoms with Crippen LogP contribution in [0.2, 0.25) is 0 Å². The first-order chi connectivity index (χ1) is 8.19. The number of nitrogens with zero attached hydrogens (tertiary/aromatic N) is 1. The molecule has 0 fully saturated rings. The number of nitrogens with one attached hydrogen (secondary N) is 1. The van der Waals surface area contributed by atoms with Gasteiger partial charge in [-0.1, -0.05) is 37.7 Å². The number of aryl methyl sites for hydroxylation is 1. The highest BCUT2D eigenvalue weighted by Crippen LogP contribution is 2.24. The minimum absolute atomic E-state index is 0.424. The Labute approximate surface area is 108 Å². The van der Waals surface area contributed by atoms with Crippen LogP contribution in [0.5, 0.6) is 0 Å². The van der Waals surface area contributed by atoms with Crippen molar-refractivity contribution in [3.05, 3.63) is 29.8 Å². The zero-order chi connectivity index (χ0) is 12.3. The van der Waals surface area contributed by atoms with Crippen molar-refractivity contribution in [2.75, 3.05) is 11.1 Å². The zero-order valence-corrected chi connectivity index (χ0v) is 11.6. The van der Waals surface area contributed by atoms with Crippen molar-refractivity contribution in [1.29, 1.82) is 0 Å². The van der Waals surface area contributed by atoms with Crippen molar-refractivity contribution in [3.63, 3.8) is 0 Å². The molecule has 0 saturated heterocycles. The Morgan fingerprint density at radius 3 is 2.94 bits per heavy atom. The Balaban J connectivity index is 2.08. The van der Waals surface area contributed by atoms with Crippen LogP contribution in [0.3, 0.4) is 0 Å². The van der Waals surface area contributed by atoms with Crippen LogP contribution in [0, 0.1) is 5.92 Å². The van der Waals surface area contributed by atoms with Gasteiger partial charge in [0.1, 0.15) is 0 Å². The molecule has 0 aliphatic carbocycles. The standard InChI is InChI=1S/C14H20N2S/c1-4-12-6-5-7-13(8-12)16-14-15-11(3)10(2)9-17-14/h5-8,10-11H,4,9H2,1-3H3,(H,15,16). The van der Waals surface area contributed by atoms with E-state index in [1.807, 2.05) is 11.8 Å². The van der Waals surface area contributed by atoms with Gasteiger partial charge in [-0.3, -0.25) is 4.99 Å². The molecule has 0 spiro atoms. The lowest BCUT2D eigenvalue weighted by Gasteiger charge is -2.23. The van der Waals surface area contributed by atoms with Crippen molar-refractivity contribution in [2.24, 2.45) is 10.9 Å². The van der Waals surface area contributed by atoms with Crippen molar-refractivity contribution < 1.29 is 0 Å². The van der Waals surface area contributed by atoms with E-state index in [0.29, 0.717) is 12.0 Å². The summed E-state index contributed by atoms with van der Waals surface area (Å²) in [6, 6.07) is 8.98. The maximum Gasteiger partial charge on any atom is 0.161 e. The van der Waals surface area contributed by atoms with Crippen LogP contribution in [0.4, 0.5) is 5.69 Å². The largest absolute Gasteiger partial charge is 0.335 e. The third kappa shape index (κ3) is 3.25. The monoisotopic (exact) mass is 248 g/mol. The van der Waals surface area contributed by atoms with E-state index in [4.69, 9.17) is 0 Å². The fraction of sp³-hybridized carbons (Fsp3) is 0.500. The molecule has 0 amide bonds. The molecule has 1 aliphatic rings. The molecule has 2 atom stereocenters. The van der Waals surface area contributed by atoms with Gasteiger partial charge in [0.2, 0.25) is 0 Å². The van der Waals surface area contributed by atoms with Gasteiger partial charge in [0.25, 0.3) is 0 Å². The van der Waals surface area contributed by atoms with Gasteiger partial charge < -0.3 is 5.32 Å². The topological polar surface area (TPSA) is 24.4 Å². The van der Waals surface area contributed by atoms with Gasteiger partial charge in [0, 0.05) is 11.4 Å². The molecule has 2 rings (SSSR count). The molecule has 0 bridgehead atoms. The van der Waals surface area contributed by atoms with Gasteiger partial charge in [0.05, 0.1) is 6.04 Å². The Bertz CT molecular complexity index is 414. The zero-order valence-electron chi connectivity index (χ0n) is 10.7. The third-order valence-corrected chi connectivity index (χ3v) is 4.39. The van der Waals surface area contributed by atoms with Gasteiger partial charge in [-0.15, -0.1) is 0 Å². The second-order valence-corrected chi connectivity index (χ2v) is 5.65. The van der Waals surface area contributed by atoms with Crippen LogP contribution >= 0.6 is 11.8 Å². The van der Waals surface area contributed by atoms with Crippen molar-refractivity contribution >= 4 is 22.6 Å². The molecule has 2 nitrogen and oxygen atoms in total. The molecule has 0 radical (unpaired) electrons. The molecule has 1 aromatic rings. The maximum absolute atomic E-state index is 4.68. The smallest absolute Gasteiger partial charge is 0.161 e. The molecule has 92 valence electrons. The number of aliphatic imine (C=N–C) groups is 1. The van der Waals surface area contributed by atoms with E-state index in [0.717, 1.165) is 23.0 Å². The van der Waals surface area contributed by atoms with Crippen LogP contribution in [0.25, 0.3) is 0 Å². The van der Waals surface area contributed by atoms with Gasteiger partial charge in [-0.25, -0.2) is 0 Å². The summed E-state index contributed by atoms with van der Waals surface area (Å²) in [5, 5.41) is 4.48. The summed E-state index contributed by atoms with van der Waals surface area (Å²) < 4.78 is 0. The number of hydrogen-bond acceptors (Lipinski definition) is 3. The van der Waals surface area contributed by atoms with Crippen LogP contribution in [0.15, 0.2) is 29.3 Å². The van der Waals surface area contributed by atoms with E-state index in [2.05, 4.69) is 55.3 Å². The molecule has 0 aromatic heterocycles. The lowest BCUT2D eigenvalue weighted by molar-refractivity contribution is 0.537.